The summed E-state index contributed by atoms with van der Waals surface area (Å²) in [5.74, 6) is 0.640. The van der Waals surface area contributed by atoms with Gasteiger partial charge >= 0.3 is 0 Å². The highest BCUT2D eigenvalue weighted by atomic mass is 16.5. The first-order chi connectivity index (χ1) is 11.6. The molecule has 0 radical (unpaired) electrons. The predicted octanol–water partition coefficient (Wildman–Crippen LogP) is 2.59. The van der Waals surface area contributed by atoms with Crippen LogP contribution in [0.4, 0.5) is 0 Å². The van der Waals surface area contributed by atoms with Gasteiger partial charge in [-0.1, -0.05) is 16.8 Å². The molecule has 3 rings (SSSR count). The highest BCUT2D eigenvalue weighted by molar-refractivity contribution is 5.92. The Labute approximate surface area is 142 Å². The third kappa shape index (κ3) is 4.24. The van der Waals surface area contributed by atoms with Gasteiger partial charge in [-0.2, -0.15) is 0 Å². The molecule has 1 fully saturated rings. The third-order valence-electron chi connectivity index (χ3n) is 4.81. The van der Waals surface area contributed by atoms with E-state index >= 15 is 0 Å². The van der Waals surface area contributed by atoms with Gasteiger partial charge < -0.3 is 14.7 Å². The molecule has 24 heavy (non-hydrogen) atoms. The van der Waals surface area contributed by atoms with Crippen molar-refractivity contribution in [1.82, 2.24) is 15.4 Å². The number of hydrogen-bond acceptors (Lipinski definition) is 4. The maximum absolute atomic E-state index is 12.4. The third-order valence-corrected chi connectivity index (χ3v) is 4.81. The van der Waals surface area contributed by atoms with E-state index in [2.05, 4.69) is 16.5 Å². The topological polar surface area (TPSA) is 75.4 Å². The largest absolute Gasteiger partial charge is 0.361 e. The normalized spacial score (nSPS) is 19.0. The molecular weight excluding hydrogens is 306 g/mol. The Hall–Kier alpha value is -2.11. The summed E-state index contributed by atoms with van der Waals surface area (Å²) in [6, 6.07) is 1.72. The molecule has 0 saturated carbocycles. The first-order valence-corrected chi connectivity index (χ1v) is 8.81. The molecule has 1 aromatic heterocycles. The van der Waals surface area contributed by atoms with Gasteiger partial charge in [0, 0.05) is 31.6 Å². The van der Waals surface area contributed by atoms with Crippen molar-refractivity contribution in [1.29, 1.82) is 0 Å². The van der Waals surface area contributed by atoms with Crippen LogP contribution in [0.2, 0.25) is 0 Å². The lowest BCUT2D eigenvalue weighted by Gasteiger charge is -2.32. The minimum absolute atomic E-state index is 0.0902. The van der Waals surface area contributed by atoms with Gasteiger partial charge in [-0.3, -0.25) is 9.59 Å². The number of aromatic nitrogens is 1. The number of carbonyl (C=O) groups excluding carboxylic acids is 2. The monoisotopic (exact) mass is 331 g/mol. The Morgan fingerprint density at radius 1 is 1.33 bits per heavy atom. The van der Waals surface area contributed by atoms with E-state index in [1.807, 2.05) is 4.90 Å². The Morgan fingerprint density at radius 3 is 2.75 bits per heavy atom. The zero-order valence-corrected chi connectivity index (χ0v) is 14.2. The minimum atomic E-state index is -0.205. The number of likely N-dealkylation sites (tertiary alicyclic amines) is 1. The molecule has 6 heteroatoms. The SMILES string of the molecule is Cc1cc(C(=O)NC2CCN(C(=O)CC3=CCCCC3)CC2)no1. The van der Waals surface area contributed by atoms with Gasteiger partial charge in [0.05, 0.1) is 0 Å². The summed E-state index contributed by atoms with van der Waals surface area (Å²) < 4.78 is 4.93. The molecule has 0 bridgehead atoms. The molecule has 1 saturated heterocycles. The van der Waals surface area contributed by atoms with Crippen molar-refractivity contribution >= 4 is 11.8 Å². The summed E-state index contributed by atoms with van der Waals surface area (Å²) in [6.45, 7) is 3.17. The van der Waals surface area contributed by atoms with Crippen LogP contribution in [0.15, 0.2) is 22.2 Å². The van der Waals surface area contributed by atoms with E-state index in [0.29, 0.717) is 31.0 Å². The number of carbonyl (C=O) groups is 2. The van der Waals surface area contributed by atoms with Crippen LogP contribution in [0.5, 0.6) is 0 Å². The fraction of sp³-hybridized carbons (Fsp3) is 0.611. The minimum Gasteiger partial charge on any atom is -0.361 e. The summed E-state index contributed by atoms with van der Waals surface area (Å²) in [4.78, 5) is 26.4. The van der Waals surface area contributed by atoms with E-state index in [1.54, 1.807) is 13.0 Å². The lowest BCUT2D eigenvalue weighted by Crippen LogP contribution is -2.46. The number of rotatable bonds is 4. The van der Waals surface area contributed by atoms with Crippen LogP contribution in [0.3, 0.4) is 0 Å². The van der Waals surface area contributed by atoms with Crippen molar-refractivity contribution in [3.05, 3.63) is 29.2 Å². The molecule has 0 spiro atoms. The van der Waals surface area contributed by atoms with E-state index in [9.17, 15) is 9.59 Å². The van der Waals surface area contributed by atoms with Gasteiger partial charge in [-0.25, -0.2) is 0 Å². The Bertz CT molecular complexity index is 627. The second kappa shape index (κ2) is 7.64. The number of nitrogens with zero attached hydrogens (tertiary/aromatic N) is 2. The molecule has 1 N–H and O–H groups in total. The van der Waals surface area contributed by atoms with Crippen molar-refractivity contribution in [3.63, 3.8) is 0 Å². The quantitative estimate of drug-likeness (QED) is 0.861. The molecule has 2 aliphatic rings. The number of allylic oxidation sites excluding steroid dienone is 1. The van der Waals surface area contributed by atoms with Crippen LogP contribution in [-0.2, 0) is 4.79 Å². The lowest BCUT2D eigenvalue weighted by atomic mass is 9.96. The van der Waals surface area contributed by atoms with Crippen LogP contribution in [0, 0.1) is 6.92 Å². The maximum atomic E-state index is 12.4. The van der Waals surface area contributed by atoms with Crippen LogP contribution in [-0.4, -0.2) is 41.0 Å². The van der Waals surface area contributed by atoms with Crippen molar-refractivity contribution in [2.75, 3.05) is 13.1 Å². The van der Waals surface area contributed by atoms with E-state index in [4.69, 9.17) is 4.52 Å². The van der Waals surface area contributed by atoms with E-state index in [0.717, 1.165) is 25.7 Å². The summed E-state index contributed by atoms with van der Waals surface area (Å²) >= 11 is 0. The first kappa shape index (κ1) is 16.7. The van der Waals surface area contributed by atoms with E-state index in [-0.39, 0.29) is 17.9 Å². The van der Waals surface area contributed by atoms with Gasteiger partial charge in [0.2, 0.25) is 5.91 Å². The highest BCUT2D eigenvalue weighted by Gasteiger charge is 2.25. The molecule has 130 valence electrons. The van der Waals surface area contributed by atoms with Gasteiger partial charge in [0.1, 0.15) is 5.76 Å². The molecule has 1 aliphatic carbocycles. The summed E-state index contributed by atoms with van der Waals surface area (Å²) in [5.41, 5.74) is 1.61. The smallest absolute Gasteiger partial charge is 0.273 e. The lowest BCUT2D eigenvalue weighted by molar-refractivity contribution is -0.131. The van der Waals surface area contributed by atoms with Crippen LogP contribution >= 0.6 is 0 Å². The molecule has 0 aromatic carbocycles. The molecule has 0 unspecified atom stereocenters. The molecule has 6 nitrogen and oxygen atoms in total. The Balaban J connectivity index is 1.44. The van der Waals surface area contributed by atoms with E-state index < -0.39 is 0 Å². The van der Waals surface area contributed by atoms with Gasteiger partial charge in [-0.05, 0) is 45.4 Å². The number of piperidine rings is 1. The number of nitrogens with one attached hydrogen (secondary N) is 1. The zero-order valence-electron chi connectivity index (χ0n) is 14.2. The van der Waals surface area contributed by atoms with Gasteiger partial charge in [0.15, 0.2) is 5.69 Å². The fourth-order valence-electron chi connectivity index (χ4n) is 3.38. The summed E-state index contributed by atoms with van der Waals surface area (Å²) in [6.07, 6.45) is 8.99. The van der Waals surface area contributed by atoms with Crippen molar-refractivity contribution in [2.45, 2.75) is 57.9 Å². The zero-order chi connectivity index (χ0) is 16.9. The second-order valence-electron chi connectivity index (χ2n) is 6.74. The molecule has 1 aromatic rings. The van der Waals surface area contributed by atoms with Crippen molar-refractivity contribution < 1.29 is 14.1 Å². The standard InChI is InChI=1S/C18H25N3O3/c1-13-11-16(20-24-13)18(23)19-15-7-9-21(10-8-15)17(22)12-14-5-3-2-4-6-14/h5,11,15H,2-4,6-10,12H2,1H3,(H,19,23). The van der Waals surface area contributed by atoms with Crippen LogP contribution in [0.1, 0.15) is 61.2 Å². The predicted molar refractivity (Wildman–Crippen MR) is 89.5 cm³/mol. The summed E-state index contributed by atoms with van der Waals surface area (Å²) in [7, 11) is 0. The molecule has 0 atom stereocenters. The number of hydrogen-bond donors (Lipinski definition) is 1. The van der Waals surface area contributed by atoms with Crippen molar-refractivity contribution in [2.24, 2.45) is 0 Å². The van der Waals surface area contributed by atoms with Gasteiger partial charge in [0.25, 0.3) is 5.91 Å². The average molecular weight is 331 g/mol. The maximum Gasteiger partial charge on any atom is 0.273 e. The Morgan fingerprint density at radius 2 is 2.12 bits per heavy atom. The fourth-order valence-corrected chi connectivity index (χ4v) is 3.38. The Kier molecular flexibility index (Phi) is 5.33. The highest BCUT2D eigenvalue weighted by Crippen LogP contribution is 2.22. The molecule has 2 amide bonds. The molecule has 1 aliphatic heterocycles. The number of amides is 2. The first-order valence-electron chi connectivity index (χ1n) is 8.81. The second-order valence-corrected chi connectivity index (χ2v) is 6.74. The molecular formula is C18H25N3O3. The molecule has 2 heterocycles. The van der Waals surface area contributed by atoms with Crippen molar-refractivity contribution in [3.8, 4) is 0 Å². The van der Waals surface area contributed by atoms with Gasteiger partial charge in [-0.15, -0.1) is 0 Å². The summed E-state index contributed by atoms with van der Waals surface area (Å²) in [5, 5.41) is 6.71. The van der Waals surface area contributed by atoms with Crippen LogP contribution < -0.4 is 5.32 Å². The van der Waals surface area contributed by atoms with Crippen LogP contribution in [0.25, 0.3) is 0 Å². The van der Waals surface area contributed by atoms with E-state index in [1.165, 1.54) is 18.4 Å². The number of aryl methyl sites for hydroxylation is 1. The average Bonchev–Trinajstić information content (AvgIpc) is 3.03.